The average Bonchev–Trinajstić information content (AvgIpc) is 3.10. The van der Waals surface area contributed by atoms with Crippen LogP contribution in [0.1, 0.15) is 55.5 Å². The Labute approximate surface area is 108 Å². The minimum absolute atomic E-state index is 0.0908. The Balaban J connectivity index is 1.72. The summed E-state index contributed by atoms with van der Waals surface area (Å²) in [4.78, 5) is 14.5. The van der Waals surface area contributed by atoms with Gasteiger partial charge in [0.2, 0.25) is 0 Å². The Kier molecular flexibility index (Phi) is 3.39. The van der Waals surface area contributed by atoms with E-state index in [4.69, 9.17) is 4.42 Å². The predicted octanol–water partition coefficient (Wildman–Crippen LogP) is 3.46. The highest BCUT2D eigenvalue weighted by molar-refractivity contribution is 5.91. The number of furan rings is 1. The monoisotopic (exact) mass is 247 g/mol. The van der Waals surface area contributed by atoms with E-state index in [1.165, 1.54) is 38.5 Å². The largest absolute Gasteiger partial charge is 0.459 e. The molecule has 0 N–H and O–H groups in total. The van der Waals surface area contributed by atoms with Crippen molar-refractivity contribution in [3.63, 3.8) is 0 Å². The number of rotatable bonds is 2. The van der Waals surface area contributed by atoms with Gasteiger partial charge in [-0.1, -0.05) is 19.3 Å². The lowest BCUT2D eigenvalue weighted by atomic mass is 9.83. The zero-order chi connectivity index (χ0) is 12.4. The summed E-state index contributed by atoms with van der Waals surface area (Å²) < 4.78 is 5.25. The van der Waals surface area contributed by atoms with Gasteiger partial charge in [0.1, 0.15) is 0 Å². The fourth-order valence-electron chi connectivity index (χ4n) is 3.60. The second-order valence-corrected chi connectivity index (χ2v) is 5.58. The van der Waals surface area contributed by atoms with Gasteiger partial charge in [-0.3, -0.25) is 4.79 Å². The molecule has 1 aliphatic carbocycles. The summed E-state index contributed by atoms with van der Waals surface area (Å²) in [5.41, 5.74) is 0. The van der Waals surface area contributed by atoms with Crippen molar-refractivity contribution in [3.8, 4) is 0 Å². The molecule has 18 heavy (non-hydrogen) atoms. The molecule has 1 saturated heterocycles. The molecule has 0 radical (unpaired) electrons. The van der Waals surface area contributed by atoms with Crippen molar-refractivity contribution in [2.24, 2.45) is 5.92 Å². The molecule has 1 amide bonds. The van der Waals surface area contributed by atoms with Crippen LogP contribution in [0.4, 0.5) is 0 Å². The molecule has 0 spiro atoms. The summed E-state index contributed by atoms with van der Waals surface area (Å²) in [7, 11) is 0. The Morgan fingerprint density at radius 2 is 2.00 bits per heavy atom. The van der Waals surface area contributed by atoms with Gasteiger partial charge in [0.15, 0.2) is 5.76 Å². The second kappa shape index (κ2) is 5.17. The predicted molar refractivity (Wildman–Crippen MR) is 69.3 cm³/mol. The van der Waals surface area contributed by atoms with Gasteiger partial charge >= 0.3 is 0 Å². The van der Waals surface area contributed by atoms with Crippen LogP contribution in [0.2, 0.25) is 0 Å². The number of nitrogens with zero attached hydrogens (tertiary/aromatic N) is 1. The molecule has 2 aliphatic rings. The molecule has 1 aromatic heterocycles. The third-order valence-electron chi connectivity index (χ3n) is 4.49. The number of amides is 1. The van der Waals surface area contributed by atoms with Crippen LogP contribution < -0.4 is 0 Å². The summed E-state index contributed by atoms with van der Waals surface area (Å²) in [6, 6.07) is 4.03. The van der Waals surface area contributed by atoms with Gasteiger partial charge in [0.25, 0.3) is 5.91 Å². The lowest BCUT2D eigenvalue weighted by Gasteiger charge is -2.33. The van der Waals surface area contributed by atoms with Crippen LogP contribution in [-0.4, -0.2) is 23.4 Å². The van der Waals surface area contributed by atoms with E-state index in [9.17, 15) is 4.79 Å². The van der Waals surface area contributed by atoms with Gasteiger partial charge in [-0.05, 0) is 43.7 Å². The van der Waals surface area contributed by atoms with Gasteiger partial charge in [0, 0.05) is 12.6 Å². The first-order valence-electron chi connectivity index (χ1n) is 7.21. The van der Waals surface area contributed by atoms with Crippen LogP contribution in [0.3, 0.4) is 0 Å². The molecule has 1 unspecified atom stereocenters. The first kappa shape index (κ1) is 11.8. The van der Waals surface area contributed by atoms with Gasteiger partial charge in [-0.25, -0.2) is 0 Å². The summed E-state index contributed by atoms with van der Waals surface area (Å²) in [5, 5.41) is 0. The van der Waals surface area contributed by atoms with Crippen LogP contribution in [0.15, 0.2) is 22.8 Å². The highest BCUT2D eigenvalue weighted by Crippen LogP contribution is 2.34. The zero-order valence-corrected chi connectivity index (χ0v) is 10.8. The van der Waals surface area contributed by atoms with Crippen molar-refractivity contribution in [2.45, 2.75) is 51.0 Å². The highest BCUT2D eigenvalue weighted by atomic mass is 16.3. The molecule has 1 aliphatic heterocycles. The van der Waals surface area contributed by atoms with Crippen LogP contribution in [-0.2, 0) is 0 Å². The molecule has 1 atom stereocenters. The topological polar surface area (TPSA) is 33.5 Å². The molecule has 98 valence electrons. The van der Waals surface area contributed by atoms with Gasteiger partial charge in [-0.15, -0.1) is 0 Å². The Hall–Kier alpha value is -1.25. The lowest BCUT2D eigenvalue weighted by molar-refractivity contribution is 0.0629. The van der Waals surface area contributed by atoms with E-state index in [0.717, 1.165) is 18.9 Å². The second-order valence-electron chi connectivity index (χ2n) is 5.58. The van der Waals surface area contributed by atoms with E-state index in [2.05, 4.69) is 4.90 Å². The average molecular weight is 247 g/mol. The SMILES string of the molecule is O=C(c1ccco1)N1CCCC1C1CCCCC1. The van der Waals surface area contributed by atoms with Crippen molar-refractivity contribution >= 4 is 5.91 Å². The Morgan fingerprint density at radius 3 is 2.72 bits per heavy atom. The maximum absolute atomic E-state index is 12.4. The Bertz CT molecular complexity index is 393. The quantitative estimate of drug-likeness (QED) is 0.801. The molecule has 2 heterocycles. The summed E-state index contributed by atoms with van der Waals surface area (Å²) >= 11 is 0. The van der Waals surface area contributed by atoms with E-state index in [1.54, 1.807) is 18.4 Å². The maximum atomic E-state index is 12.4. The minimum Gasteiger partial charge on any atom is -0.459 e. The van der Waals surface area contributed by atoms with Gasteiger partial charge in [-0.2, -0.15) is 0 Å². The van der Waals surface area contributed by atoms with Crippen molar-refractivity contribution in [3.05, 3.63) is 24.2 Å². The minimum atomic E-state index is 0.0908. The molecular weight excluding hydrogens is 226 g/mol. The molecular formula is C15H21NO2. The van der Waals surface area contributed by atoms with Crippen LogP contribution in [0.5, 0.6) is 0 Å². The van der Waals surface area contributed by atoms with Gasteiger partial charge in [0.05, 0.1) is 6.26 Å². The number of carbonyl (C=O) groups excluding carboxylic acids is 1. The smallest absolute Gasteiger partial charge is 0.289 e. The third kappa shape index (κ3) is 2.18. The fraction of sp³-hybridized carbons (Fsp3) is 0.667. The first-order chi connectivity index (χ1) is 8.86. The first-order valence-corrected chi connectivity index (χ1v) is 7.21. The molecule has 2 fully saturated rings. The van der Waals surface area contributed by atoms with E-state index in [1.807, 2.05) is 0 Å². The molecule has 3 heteroatoms. The maximum Gasteiger partial charge on any atom is 0.289 e. The lowest BCUT2D eigenvalue weighted by Crippen LogP contribution is -2.40. The molecule has 0 aromatic carbocycles. The van der Waals surface area contributed by atoms with Crippen LogP contribution in [0.25, 0.3) is 0 Å². The zero-order valence-electron chi connectivity index (χ0n) is 10.8. The molecule has 3 rings (SSSR count). The van der Waals surface area contributed by atoms with E-state index >= 15 is 0 Å². The third-order valence-corrected chi connectivity index (χ3v) is 4.49. The van der Waals surface area contributed by atoms with E-state index in [-0.39, 0.29) is 5.91 Å². The summed E-state index contributed by atoms with van der Waals surface area (Å²) in [6.07, 6.45) is 10.5. The van der Waals surface area contributed by atoms with Crippen molar-refractivity contribution in [2.75, 3.05) is 6.54 Å². The van der Waals surface area contributed by atoms with Gasteiger partial charge < -0.3 is 9.32 Å². The van der Waals surface area contributed by atoms with Crippen LogP contribution >= 0.6 is 0 Å². The standard InChI is InChI=1S/C15H21NO2/c17-15(14-9-5-11-18-14)16-10-4-8-13(16)12-6-2-1-3-7-12/h5,9,11-13H,1-4,6-8,10H2. The van der Waals surface area contributed by atoms with Crippen LogP contribution in [0, 0.1) is 5.92 Å². The fourth-order valence-corrected chi connectivity index (χ4v) is 3.60. The van der Waals surface area contributed by atoms with E-state index < -0.39 is 0 Å². The van der Waals surface area contributed by atoms with Crippen molar-refractivity contribution < 1.29 is 9.21 Å². The van der Waals surface area contributed by atoms with Crippen molar-refractivity contribution in [1.29, 1.82) is 0 Å². The molecule has 1 saturated carbocycles. The van der Waals surface area contributed by atoms with Crippen molar-refractivity contribution in [1.82, 2.24) is 4.90 Å². The number of hydrogen-bond donors (Lipinski definition) is 0. The summed E-state index contributed by atoms with van der Waals surface area (Å²) in [5.74, 6) is 1.31. The van der Waals surface area contributed by atoms with E-state index in [0.29, 0.717) is 11.8 Å². The Morgan fingerprint density at radius 1 is 1.17 bits per heavy atom. The normalized spacial score (nSPS) is 25.6. The number of hydrogen-bond acceptors (Lipinski definition) is 2. The molecule has 3 nitrogen and oxygen atoms in total. The highest BCUT2D eigenvalue weighted by Gasteiger charge is 2.36. The molecule has 0 bridgehead atoms. The number of carbonyl (C=O) groups is 1. The molecule has 1 aromatic rings. The number of likely N-dealkylation sites (tertiary alicyclic amines) is 1. The summed E-state index contributed by atoms with van der Waals surface area (Å²) in [6.45, 7) is 0.903.